The van der Waals surface area contributed by atoms with E-state index >= 15 is 0 Å². The molecule has 1 aliphatic heterocycles. The van der Waals surface area contributed by atoms with Crippen LogP contribution in [0.15, 0.2) is 66.8 Å². The van der Waals surface area contributed by atoms with E-state index in [1.807, 2.05) is 49.4 Å². The number of allylic oxidation sites excluding steroid dienone is 1. The number of amides is 1. The lowest BCUT2D eigenvalue weighted by Gasteiger charge is -2.52. The van der Waals surface area contributed by atoms with Crippen LogP contribution in [0.3, 0.4) is 0 Å². The maximum Gasteiger partial charge on any atom is 0.303 e. The minimum atomic E-state index is -1.26. The molecule has 2 fully saturated rings. The van der Waals surface area contributed by atoms with Gasteiger partial charge in [-0.3, -0.25) is 9.59 Å². The van der Waals surface area contributed by atoms with Gasteiger partial charge in [-0.25, -0.2) is 0 Å². The average molecular weight is 494 g/mol. The van der Waals surface area contributed by atoms with E-state index in [0.717, 1.165) is 5.56 Å². The molecule has 1 amide bonds. The van der Waals surface area contributed by atoms with Crippen molar-refractivity contribution in [1.29, 1.82) is 0 Å². The minimum Gasteiger partial charge on any atom is -0.457 e. The van der Waals surface area contributed by atoms with Gasteiger partial charge in [-0.2, -0.15) is 0 Å². The van der Waals surface area contributed by atoms with E-state index < -0.39 is 35.1 Å². The predicted molar refractivity (Wildman–Crippen MR) is 139 cm³/mol. The summed E-state index contributed by atoms with van der Waals surface area (Å²) in [5, 5.41) is 25.8. The van der Waals surface area contributed by atoms with Crippen LogP contribution in [-0.4, -0.2) is 45.9 Å². The zero-order valence-electron chi connectivity index (χ0n) is 21.7. The maximum atomic E-state index is 14.2. The first kappa shape index (κ1) is 26.4. The van der Waals surface area contributed by atoms with Crippen LogP contribution in [0.25, 0.3) is 0 Å². The van der Waals surface area contributed by atoms with Gasteiger partial charge in [-0.05, 0) is 55.2 Å². The van der Waals surface area contributed by atoms with E-state index in [0.29, 0.717) is 24.8 Å². The van der Waals surface area contributed by atoms with Crippen LogP contribution in [0.1, 0.15) is 46.1 Å². The number of benzene rings is 1. The quantitative estimate of drug-likeness (QED) is 0.440. The van der Waals surface area contributed by atoms with E-state index in [-0.39, 0.29) is 29.7 Å². The minimum absolute atomic E-state index is 0.170. The molecule has 194 valence electrons. The standard InChI is InChI=1S/C30H39NO5/c1-18-10-9-13-23-27(33)20(3)19(2)26-24(16-22-11-7-6-8-12-22)31-28(34)30(23,26)25(36-21(4)32)14-15-29(5,35)17-18/h6-9,11-15,18-19,23-27,33,35H,3,10,16-17H2,1-2,4-5H3,(H,31,34)/b13-9-,15-14+. The number of carbonyl (C=O) groups is 2. The molecule has 3 aliphatic rings. The van der Waals surface area contributed by atoms with Crippen LogP contribution in [0.2, 0.25) is 0 Å². The second-order valence-corrected chi connectivity index (χ2v) is 11.3. The summed E-state index contributed by atoms with van der Waals surface area (Å²) in [6, 6.07) is 9.73. The highest BCUT2D eigenvalue weighted by molar-refractivity contribution is 5.89. The van der Waals surface area contributed by atoms with Gasteiger partial charge in [0.05, 0.1) is 11.7 Å². The zero-order valence-corrected chi connectivity index (χ0v) is 21.7. The van der Waals surface area contributed by atoms with E-state index in [1.54, 1.807) is 19.1 Å². The Morgan fingerprint density at radius 2 is 1.92 bits per heavy atom. The molecule has 3 N–H and O–H groups in total. The van der Waals surface area contributed by atoms with E-state index in [2.05, 4.69) is 18.8 Å². The van der Waals surface area contributed by atoms with Crippen molar-refractivity contribution in [3.8, 4) is 0 Å². The maximum absolute atomic E-state index is 14.2. The SMILES string of the molecule is C=C1C(C)C2C(Cc3ccccc3)NC(=O)C23C(OC(C)=O)/C=C/C(C)(O)CC(C)C/C=C\C3C1O. The third kappa shape index (κ3) is 4.69. The summed E-state index contributed by atoms with van der Waals surface area (Å²) in [6.07, 6.45) is 7.09. The zero-order chi connectivity index (χ0) is 26.3. The lowest BCUT2D eigenvalue weighted by atomic mass is 9.51. The van der Waals surface area contributed by atoms with Crippen molar-refractivity contribution in [3.05, 3.63) is 72.4 Å². The molecular formula is C30H39NO5. The Kier molecular flexibility index (Phi) is 7.31. The highest BCUT2D eigenvalue weighted by Gasteiger charge is 2.68. The summed E-state index contributed by atoms with van der Waals surface area (Å²) in [7, 11) is 0. The lowest BCUT2D eigenvalue weighted by molar-refractivity contribution is -0.166. The van der Waals surface area contributed by atoms with Gasteiger partial charge in [0, 0.05) is 24.8 Å². The largest absolute Gasteiger partial charge is 0.457 e. The molecule has 6 nitrogen and oxygen atoms in total. The van der Waals surface area contributed by atoms with Crippen LogP contribution < -0.4 is 5.32 Å². The summed E-state index contributed by atoms with van der Waals surface area (Å²) in [5.74, 6) is -1.75. The third-order valence-electron chi connectivity index (χ3n) is 8.43. The summed E-state index contributed by atoms with van der Waals surface area (Å²) in [6.45, 7) is 11.3. The fourth-order valence-electron chi connectivity index (χ4n) is 6.90. The Balaban J connectivity index is 1.92. The first-order valence-electron chi connectivity index (χ1n) is 12.9. The van der Waals surface area contributed by atoms with Gasteiger partial charge in [0.1, 0.15) is 11.5 Å². The Bertz CT molecular complexity index is 1060. The number of aliphatic hydroxyl groups excluding tert-OH is 1. The van der Waals surface area contributed by atoms with Gasteiger partial charge in [-0.1, -0.05) is 69.0 Å². The third-order valence-corrected chi connectivity index (χ3v) is 8.43. The fraction of sp³-hybridized carbons (Fsp3) is 0.533. The molecule has 1 spiro atoms. The van der Waals surface area contributed by atoms with E-state index in [4.69, 9.17) is 4.74 Å². The molecule has 2 aliphatic carbocycles. The van der Waals surface area contributed by atoms with Crippen LogP contribution in [-0.2, 0) is 20.7 Å². The number of hydrogen-bond donors (Lipinski definition) is 3. The van der Waals surface area contributed by atoms with Gasteiger partial charge in [-0.15, -0.1) is 0 Å². The van der Waals surface area contributed by atoms with Crippen molar-refractivity contribution in [2.24, 2.45) is 29.1 Å². The first-order chi connectivity index (χ1) is 17.0. The van der Waals surface area contributed by atoms with E-state index in [1.165, 1.54) is 6.92 Å². The number of carbonyl (C=O) groups excluding carboxylic acids is 2. The Morgan fingerprint density at radius 1 is 1.22 bits per heavy atom. The van der Waals surface area contributed by atoms with Gasteiger partial charge in [0.2, 0.25) is 5.91 Å². The molecule has 4 rings (SSSR count). The summed E-state index contributed by atoms with van der Waals surface area (Å²) < 4.78 is 5.89. The second kappa shape index (κ2) is 9.98. The van der Waals surface area contributed by atoms with Crippen LogP contribution >= 0.6 is 0 Å². The second-order valence-electron chi connectivity index (χ2n) is 11.3. The lowest BCUT2D eigenvalue weighted by Crippen LogP contribution is -2.60. The number of rotatable bonds is 3. The van der Waals surface area contributed by atoms with Crippen molar-refractivity contribution in [1.82, 2.24) is 5.32 Å². The van der Waals surface area contributed by atoms with Crippen molar-refractivity contribution < 1.29 is 24.5 Å². The molecule has 0 bridgehead atoms. The van der Waals surface area contributed by atoms with Gasteiger partial charge in [0.25, 0.3) is 0 Å². The van der Waals surface area contributed by atoms with Crippen LogP contribution in [0.5, 0.6) is 0 Å². The topological polar surface area (TPSA) is 95.9 Å². The van der Waals surface area contributed by atoms with Crippen molar-refractivity contribution in [2.45, 2.75) is 70.8 Å². The molecule has 0 aromatic heterocycles. The molecular weight excluding hydrogens is 454 g/mol. The smallest absolute Gasteiger partial charge is 0.303 e. The Morgan fingerprint density at radius 3 is 2.58 bits per heavy atom. The van der Waals surface area contributed by atoms with Crippen molar-refractivity contribution in [3.63, 3.8) is 0 Å². The van der Waals surface area contributed by atoms with Gasteiger partial charge in [0.15, 0.2) is 0 Å². The molecule has 1 aromatic rings. The average Bonchev–Trinajstić information content (AvgIpc) is 3.08. The number of nitrogens with one attached hydrogen (secondary N) is 1. The highest BCUT2D eigenvalue weighted by Crippen LogP contribution is 2.58. The number of aliphatic hydroxyl groups is 2. The van der Waals surface area contributed by atoms with Crippen LogP contribution in [0, 0.1) is 29.1 Å². The molecule has 1 heterocycles. The molecule has 9 unspecified atom stereocenters. The molecule has 1 aromatic carbocycles. The number of ether oxygens (including phenoxy) is 1. The number of hydrogen-bond acceptors (Lipinski definition) is 5. The molecule has 1 saturated heterocycles. The fourth-order valence-corrected chi connectivity index (χ4v) is 6.90. The Labute approximate surface area is 214 Å². The van der Waals surface area contributed by atoms with Gasteiger partial charge >= 0.3 is 5.97 Å². The van der Waals surface area contributed by atoms with Gasteiger partial charge < -0.3 is 20.3 Å². The van der Waals surface area contributed by atoms with Crippen LogP contribution in [0.4, 0.5) is 0 Å². The first-order valence-corrected chi connectivity index (χ1v) is 12.9. The van der Waals surface area contributed by atoms with E-state index in [9.17, 15) is 19.8 Å². The molecule has 9 atom stereocenters. The van der Waals surface area contributed by atoms with Crippen molar-refractivity contribution >= 4 is 11.9 Å². The molecule has 36 heavy (non-hydrogen) atoms. The summed E-state index contributed by atoms with van der Waals surface area (Å²) in [5.41, 5.74) is -0.635. The number of esters is 1. The summed E-state index contributed by atoms with van der Waals surface area (Å²) in [4.78, 5) is 26.5. The Hall–Kier alpha value is -2.70. The normalized spacial score (nSPS) is 42.3. The predicted octanol–water partition coefficient (Wildman–Crippen LogP) is 3.74. The highest BCUT2D eigenvalue weighted by atomic mass is 16.5. The van der Waals surface area contributed by atoms with Crippen molar-refractivity contribution in [2.75, 3.05) is 0 Å². The monoisotopic (exact) mass is 493 g/mol. The molecule has 1 saturated carbocycles. The molecule has 6 heteroatoms. The summed E-state index contributed by atoms with van der Waals surface area (Å²) >= 11 is 0. The molecule has 0 radical (unpaired) electrons.